The lowest BCUT2D eigenvalue weighted by Gasteiger charge is -2.15. The van der Waals surface area contributed by atoms with Crippen LogP contribution in [-0.4, -0.2) is 24.6 Å². The van der Waals surface area contributed by atoms with Gasteiger partial charge in [0.05, 0.1) is 29.4 Å². The second-order valence-corrected chi connectivity index (χ2v) is 4.41. The van der Waals surface area contributed by atoms with Gasteiger partial charge in [-0.25, -0.2) is 0 Å². The number of halogens is 2. The van der Waals surface area contributed by atoms with E-state index in [0.29, 0.717) is 35.2 Å². The molecule has 1 atom stereocenters. The molecule has 3 nitrogen and oxygen atoms in total. The molecule has 0 aromatic heterocycles. The van der Waals surface area contributed by atoms with E-state index in [9.17, 15) is 5.11 Å². The van der Waals surface area contributed by atoms with Gasteiger partial charge in [-0.1, -0.05) is 29.3 Å². The Labute approximate surface area is 104 Å². The minimum Gasteiger partial charge on any atom is -0.388 e. The van der Waals surface area contributed by atoms with Crippen LogP contribution < -0.4 is 0 Å². The fourth-order valence-electron chi connectivity index (χ4n) is 1.58. The molecule has 0 bridgehead atoms. The van der Waals surface area contributed by atoms with Crippen LogP contribution in [0, 0.1) is 0 Å². The van der Waals surface area contributed by atoms with Crippen molar-refractivity contribution in [3.63, 3.8) is 0 Å². The SMILES string of the molecule is OC(CC1OCCO1)c1ccc(Cl)c(Cl)c1. The Morgan fingerprint density at radius 2 is 1.94 bits per heavy atom. The molecule has 0 saturated carbocycles. The van der Waals surface area contributed by atoms with E-state index in [1.54, 1.807) is 18.2 Å². The number of ether oxygens (including phenoxy) is 2. The number of benzene rings is 1. The van der Waals surface area contributed by atoms with Gasteiger partial charge in [0, 0.05) is 6.42 Å². The Morgan fingerprint density at radius 3 is 2.56 bits per heavy atom. The van der Waals surface area contributed by atoms with Gasteiger partial charge in [-0.05, 0) is 17.7 Å². The molecule has 0 spiro atoms. The number of aliphatic hydroxyl groups is 1. The van der Waals surface area contributed by atoms with Crippen molar-refractivity contribution >= 4 is 23.2 Å². The summed E-state index contributed by atoms with van der Waals surface area (Å²) in [5.41, 5.74) is 0.716. The van der Waals surface area contributed by atoms with Crippen LogP contribution in [0.4, 0.5) is 0 Å². The zero-order valence-electron chi connectivity index (χ0n) is 8.53. The molecular weight excluding hydrogens is 251 g/mol. The van der Waals surface area contributed by atoms with Crippen LogP contribution in [0.2, 0.25) is 10.0 Å². The van der Waals surface area contributed by atoms with Crippen molar-refractivity contribution in [2.24, 2.45) is 0 Å². The van der Waals surface area contributed by atoms with Gasteiger partial charge < -0.3 is 14.6 Å². The normalized spacial score (nSPS) is 18.9. The summed E-state index contributed by atoms with van der Waals surface area (Å²) in [6.07, 6.45) is -0.583. The van der Waals surface area contributed by atoms with Gasteiger partial charge in [-0.3, -0.25) is 0 Å². The van der Waals surface area contributed by atoms with E-state index < -0.39 is 6.10 Å². The van der Waals surface area contributed by atoms with E-state index in [4.69, 9.17) is 32.7 Å². The fraction of sp³-hybridized carbons (Fsp3) is 0.455. The third kappa shape index (κ3) is 2.87. The first-order chi connectivity index (χ1) is 7.66. The summed E-state index contributed by atoms with van der Waals surface area (Å²) in [6, 6.07) is 5.07. The molecule has 88 valence electrons. The molecular formula is C11H12Cl2O3. The fourth-order valence-corrected chi connectivity index (χ4v) is 1.89. The summed E-state index contributed by atoms with van der Waals surface area (Å²) in [5, 5.41) is 10.8. The Balaban J connectivity index is 2.02. The van der Waals surface area contributed by atoms with E-state index >= 15 is 0 Å². The summed E-state index contributed by atoms with van der Waals surface area (Å²) in [4.78, 5) is 0. The van der Waals surface area contributed by atoms with Crippen molar-refractivity contribution in [1.29, 1.82) is 0 Å². The number of rotatable bonds is 3. The monoisotopic (exact) mass is 262 g/mol. The zero-order chi connectivity index (χ0) is 11.5. The molecule has 1 unspecified atom stereocenters. The van der Waals surface area contributed by atoms with E-state index in [1.807, 2.05) is 0 Å². The molecule has 1 aromatic carbocycles. The standard InChI is InChI=1S/C11H12Cl2O3/c12-8-2-1-7(5-9(8)13)10(14)6-11-15-3-4-16-11/h1-2,5,10-11,14H,3-4,6H2. The average molecular weight is 263 g/mol. The summed E-state index contributed by atoms with van der Waals surface area (Å²) < 4.78 is 10.5. The predicted octanol–water partition coefficient (Wildman–Crippen LogP) is 2.79. The van der Waals surface area contributed by atoms with Gasteiger partial charge in [0.15, 0.2) is 6.29 Å². The molecule has 5 heteroatoms. The van der Waals surface area contributed by atoms with Gasteiger partial charge in [-0.2, -0.15) is 0 Å². The third-order valence-electron chi connectivity index (χ3n) is 2.43. The van der Waals surface area contributed by atoms with Crippen molar-refractivity contribution in [2.45, 2.75) is 18.8 Å². The van der Waals surface area contributed by atoms with Gasteiger partial charge in [0.25, 0.3) is 0 Å². The van der Waals surface area contributed by atoms with Crippen molar-refractivity contribution in [2.75, 3.05) is 13.2 Å². The minimum absolute atomic E-state index is 0.329. The Morgan fingerprint density at radius 1 is 1.25 bits per heavy atom. The van der Waals surface area contributed by atoms with Crippen LogP contribution in [-0.2, 0) is 9.47 Å². The first-order valence-electron chi connectivity index (χ1n) is 5.03. The minimum atomic E-state index is -0.655. The second kappa shape index (κ2) is 5.34. The maximum atomic E-state index is 9.93. The predicted molar refractivity (Wildman–Crippen MR) is 61.7 cm³/mol. The smallest absolute Gasteiger partial charge is 0.160 e. The maximum Gasteiger partial charge on any atom is 0.160 e. The maximum absolute atomic E-state index is 9.93. The molecule has 0 aliphatic carbocycles. The van der Waals surface area contributed by atoms with Crippen LogP contribution in [0.5, 0.6) is 0 Å². The van der Waals surface area contributed by atoms with E-state index in [1.165, 1.54) is 0 Å². The summed E-state index contributed by atoms with van der Waals surface area (Å²) in [7, 11) is 0. The first-order valence-corrected chi connectivity index (χ1v) is 5.78. The van der Waals surface area contributed by atoms with Crippen molar-refractivity contribution in [3.8, 4) is 0 Å². The molecule has 1 aliphatic rings. The van der Waals surface area contributed by atoms with Gasteiger partial charge in [0.2, 0.25) is 0 Å². The Bertz CT molecular complexity index is 364. The van der Waals surface area contributed by atoms with Crippen molar-refractivity contribution in [1.82, 2.24) is 0 Å². The van der Waals surface area contributed by atoms with E-state index in [2.05, 4.69) is 0 Å². The highest BCUT2D eigenvalue weighted by Crippen LogP contribution is 2.28. The van der Waals surface area contributed by atoms with E-state index in [-0.39, 0.29) is 6.29 Å². The van der Waals surface area contributed by atoms with Gasteiger partial charge in [-0.15, -0.1) is 0 Å². The molecule has 2 rings (SSSR count). The largest absolute Gasteiger partial charge is 0.388 e. The lowest BCUT2D eigenvalue weighted by Crippen LogP contribution is -2.13. The molecule has 0 amide bonds. The summed E-state index contributed by atoms with van der Waals surface area (Å²) >= 11 is 11.7. The van der Waals surface area contributed by atoms with Crippen LogP contribution in [0.25, 0.3) is 0 Å². The molecule has 1 fully saturated rings. The molecule has 1 heterocycles. The highest BCUT2D eigenvalue weighted by molar-refractivity contribution is 6.42. The first kappa shape index (κ1) is 12.1. The topological polar surface area (TPSA) is 38.7 Å². The molecule has 16 heavy (non-hydrogen) atoms. The third-order valence-corrected chi connectivity index (χ3v) is 3.17. The quantitative estimate of drug-likeness (QED) is 0.911. The van der Waals surface area contributed by atoms with E-state index in [0.717, 1.165) is 0 Å². The lowest BCUT2D eigenvalue weighted by molar-refractivity contribution is -0.0707. The molecule has 1 saturated heterocycles. The second-order valence-electron chi connectivity index (χ2n) is 3.60. The molecule has 0 radical (unpaired) electrons. The zero-order valence-corrected chi connectivity index (χ0v) is 10.0. The molecule has 1 N–H and O–H groups in total. The van der Waals surface area contributed by atoms with Crippen molar-refractivity contribution in [3.05, 3.63) is 33.8 Å². The summed E-state index contributed by atoms with van der Waals surface area (Å²) in [5.74, 6) is 0. The summed E-state index contributed by atoms with van der Waals surface area (Å²) in [6.45, 7) is 1.16. The molecule has 1 aliphatic heterocycles. The number of hydrogen-bond donors (Lipinski definition) is 1. The highest BCUT2D eigenvalue weighted by atomic mass is 35.5. The Hall–Kier alpha value is -0.320. The number of aliphatic hydroxyl groups excluding tert-OH is 1. The van der Waals surface area contributed by atoms with Crippen LogP contribution in [0.1, 0.15) is 18.1 Å². The van der Waals surface area contributed by atoms with Gasteiger partial charge in [0.1, 0.15) is 0 Å². The highest BCUT2D eigenvalue weighted by Gasteiger charge is 2.21. The van der Waals surface area contributed by atoms with Crippen LogP contribution in [0.3, 0.4) is 0 Å². The average Bonchev–Trinajstić information content (AvgIpc) is 2.74. The Kier molecular flexibility index (Phi) is 4.05. The lowest BCUT2D eigenvalue weighted by atomic mass is 10.1. The molecule has 1 aromatic rings. The van der Waals surface area contributed by atoms with Crippen LogP contribution in [0.15, 0.2) is 18.2 Å². The van der Waals surface area contributed by atoms with Gasteiger partial charge >= 0.3 is 0 Å². The van der Waals surface area contributed by atoms with Crippen molar-refractivity contribution < 1.29 is 14.6 Å². The van der Waals surface area contributed by atoms with Crippen LogP contribution >= 0.6 is 23.2 Å². The number of hydrogen-bond acceptors (Lipinski definition) is 3.